The fourth-order valence-corrected chi connectivity index (χ4v) is 3.68. The van der Waals surface area contributed by atoms with Gasteiger partial charge in [-0.1, -0.05) is 12.1 Å². The van der Waals surface area contributed by atoms with Crippen LogP contribution in [0.15, 0.2) is 30.3 Å². The molecule has 166 valence electrons. The Kier molecular flexibility index (Phi) is 7.99. The third-order valence-electron chi connectivity index (χ3n) is 3.99. The second-order valence-electron chi connectivity index (χ2n) is 7.58. The first-order valence-corrected chi connectivity index (χ1v) is 10.5. The number of rotatable bonds is 7. The lowest BCUT2D eigenvalue weighted by molar-refractivity contribution is -0.111. The van der Waals surface area contributed by atoms with Crippen LogP contribution in [-0.4, -0.2) is 37.2 Å². The number of esters is 2. The molecular weight excluding hydrogens is 418 g/mol. The summed E-state index contributed by atoms with van der Waals surface area (Å²) in [6.45, 7) is 8.75. The molecule has 0 aliphatic carbocycles. The zero-order valence-electron chi connectivity index (χ0n) is 18.5. The lowest BCUT2D eigenvalue weighted by atomic mass is 10.1. The van der Waals surface area contributed by atoms with E-state index in [0.717, 1.165) is 16.9 Å². The SMILES string of the molecule is CCOC(=O)c1c(NC(=O)C=Cc2ccc(OC)cc2)sc(C(=O)OC(C)(C)C)c1C. The Morgan fingerprint density at radius 3 is 2.29 bits per heavy atom. The second kappa shape index (κ2) is 10.3. The van der Waals surface area contributed by atoms with Crippen LogP contribution in [-0.2, 0) is 14.3 Å². The molecule has 2 aromatic rings. The first kappa shape index (κ1) is 24.1. The quantitative estimate of drug-likeness (QED) is 0.484. The van der Waals surface area contributed by atoms with Crippen molar-refractivity contribution in [2.75, 3.05) is 19.0 Å². The van der Waals surface area contributed by atoms with Gasteiger partial charge in [0.1, 0.15) is 21.2 Å². The van der Waals surface area contributed by atoms with Crippen molar-refractivity contribution < 1.29 is 28.6 Å². The van der Waals surface area contributed by atoms with Crippen LogP contribution in [0.1, 0.15) is 58.9 Å². The van der Waals surface area contributed by atoms with Crippen molar-refractivity contribution >= 4 is 40.3 Å². The van der Waals surface area contributed by atoms with E-state index < -0.39 is 23.4 Å². The summed E-state index contributed by atoms with van der Waals surface area (Å²) in [5, 5.41) is 2.92. The summed E-state index contributed by atoms with van der Waals surface area (Å²) in [6.07, 6.45) is 2.98. The van der Waals surface area contributed by atoms with Crippen molar-refractivity contribution in [3.05, 3.63) is 51.9 Å². The fourth-order valence-electron chi connectivity index (χ4n) is 2.61. The van der Waals surface area contributed by atoms with Gasteiger partial charge in [0.05, 0.1) is 19.3 Å². The molecule has 8 heteroatoms. The van der Waals surface area contributed by atoms with Gasteiger partial charge in [0.2, 0.25) is 5.91 Å². The van der Waals surface area contributed by atoms with Gasteiger partial charge in [-0.15, -0.1) is 11.3 Å². The number of nitrogens with one attached hydrogen (secondary N) is 1. The van der Waals surface area contributed by atoms with Crippen molar-refractivity contribution in [2.45, 2.75) is 40.2 Å². The normalized spacial score (nSPS) is 11.3. The molecule has 0 bridgehead atoms. The Morgan fingerprint density at radius 2 is 1.74 bits per heavy atom. The van der Waals surface area contributed by atoms with Crippen LogP contribution in [0.3, 0.4) is 0 Å². The Morgan fingerprint density at radius 1 is 1.10 bits per heavy atom. The summed E-state index contributed by atoms with van der Waals surface area (Å²) in [4.78, 5) is 37.8. The standard InChI is InChI=1S/C23H27NO6S/c1-7-29-21(26)18-14(2)19(22(27)30-23(3,4)5)31-20(18)24-17(25)13-10-15-8-11-16(28-6)12-9-15/h8-13H,7H2,1-6H3,(H,24,25). The van der Waals surface area contributed by atoms with E-state index in [-0.39, 0.29) is 22.0 Å². The molecule has 0 unspecified atom stereocenters. The van der Waals surface area contributed by atoms with Crippen molar-refractivity contribution in [1.29, 1.82) is 0 Å². The van der Waals surface area contributed by atoms with E-state index in [1.54, 1.807) is 59.9 Å². The van der Waals surface area contributed by atoms with E-state index in [1.807, 2.05) is 12.1 Å². The van der Waals surface area contributed by atoms with E-state index in [1.165, 1.54) is 6.08 Å². The van der Waals surface area contributed by atoms with Crippen LogP contribution >= 0.6 is 11.3 Å². The number of benzene rings is 1. The molecule has 0 radical (unpaired) electrons. The summed E-state index contributed by atoms with van der Waals surface area (Å²) in [5.74, 6) is -0.905. The van der Waals surface area contributed by atoms with Crippen molar-refractivity contribution in [1.82, 2.24) is 0 Å². The summed E-state index contributed by atoms with van der Waals surface area (Å²) in [5.41, 5.74) is 0.673. The number of hydrogen-bond donors (Lipinski definition) is 1. The first-order valence-electron chi connectivity index (χ1n) is 9.72. The second-order valence-corrected chi connectivity index (χ2v) is 8.60. The van der Waals surface area contributed by atoms with Gasteiger partial charge >= 0.3 is 11.9 Å². The number of hydrogen-bond acceptors (Lipinski definition) is 7. The average Bonchev–Trinajstić information content (AvgIpc) is 3.01. The molecule has 0 atom stereocenters. The summed E-state index contributed by atoms with van der Waals surface area (Å²) in [6, 6.07) is 7.18. The summed E-state index contributed by atoms with van der Waals surface area (Å²) < 4.78 is 15.6. The highest BCUT2D eigenvalue weighted by Crippen LogP contribution is 2.35. The Bertz CT molecular complexity index is 983. The molecule has 31 heavy (non-hydrogen) atoms. The summed E-state index contributed by atoms with van der Waals surface area (Å²) >= 11 is 0.986. The van der Waals surface area contributed by atoms with Crippen LogP contribution in [0.2, 0.25) is 0 Å². The Balaban J connectivity index is 2.29. The molecular formula is C23H27NO6S. The van der Waals surface area contributed by atoms with E-state index in [2.05, 4.69) is 5.32 Å². The predicted molar refractivity (Wildman–Crippen MR) is 121 cm³/mol. The molecule has 1 aromatic heterocycles. The van der Waals surface area contributed by atoms with Crippen molar-refractivity contribution in [2.24, 2.45) is 0 Å². The first-order chi connectivity index (χ1) is 14.6. The molecule has 0 fully saturated rings. The average molecular weight is 446 g/mol. The molecule has 0 spiro atoms. The minimum Gasteiger partial charge on any atom is -0.497 e. The highest BCUT2D eigenvalue weighted by atomic mass is 32.1. The smallest absolute Gasteiger partial charge is 0.349 e. The van der Waals surface area contributed by atoms with Crippen molar-refractivity contribution in [3.8, 4) is 5.75 Å². The van der Waals surface area contributed by atoms with Gasteiger partial charge in [0, 0.05) is 6.08 Å². The number of thiophene rings is 1. The molecule has 1 heterocycles. The topological polar surface area (TPSA) is 90.9 Å². The van der Waals surface area contributed by atoms with Gasteiger partial charge < -0.3 is 19.5 Å². The van der Waals surface area contributed by atoms with E-state index in [0.29, 0.717) is 11.3 Å². The minimum absolute atomic E-state index is 0.152. The molecule has 1 N–H and O–H groups in total. The number of methoxy groups -OCH3 is 1. The zero-order valence-corrected chi connectivity index (χ0v) is 19.3. The predicted octanol–water partition coefficient (Wildman–Crippen LogP) is 4.85. The van der Waals surface area contributed by atoms with Gasteiger partial charge in [0.15, 0.2) is 0 Å². The molecule has 1 aromatic carbocycles. The third kappa shape index (κ3) is 6.68. The maximum absolute atomic E-state index is 12.6. The van der Waals surface area contributed by atoms with Gasteiger partial charge in [-0.25, -0.2) is 9.59 Å². The molecule has 1 amide bonds. The van der Waals surface area contributed by atoms with Gasteiger partial charge in [-0.05, 0) is 64.0 Å². The lowest BCUT2D eigenvalue weighted by Crippen LogP contribution is -2.23. The zero-order chi connectivity index (χ0) is 23.2. The molecule has 0 saturated heterocycles. The molecule has 7 nitrogen and oxygen atoms in total. The maximum atomic E-state index is 12.6. The molecule has 2 rings (SSSR count). The van der Waals surface area contributed by atoms with Crippen LogP contribution in [0.5, 0.6) is 5.75 Å². The van der Waals surface area contributed by atoms with Crippen LogP contribution < -0.4 is 10.1 Å². The van der Waals surface area contributed by atoms with E-state index >= 15 is 0 Å². The van der Waals surface area contributed by atoms with Crippen molar-refractivity contribution in [3.63, 3.8) is 0 Å². The maximum Gasteiger partial charge on any atom is 0.349 e. The largest absolute Gasteiger partial charge is 0.497 e. The molecule has 0 saturated carbocycles. The number of carbonyl (C=O) groups is 3. The van der Waals surface area contributed by atoms with Crippen LogP contribution in [0, 0.1) is 6.92 Å². The highest BCUT2D eigenvalue weighted by molar-refractivity contribution is 7.18. The van der Waals surface area contributed by atoms with Crippen LogP contribution in [0.25, 0.3) is 6.08 Å². The lowest BCUT2D eigenvalue weighted by Gasteiger charge is -2.19. The fraction of sp³-hybridized carbons (Fsp3) is 0.348. The summed E-state index contributed by atoms with van der Waals surface area (Å²) in [7, 11) is 1.58. The number of anilines is 1. The Labute approximate surface area is 186 Å². The third-order valence-corrected chi connectivity index (χ3v) is 5.18. The van der Waals surface area contributed by atoms with Gasteiger partial charge in [-0.2, -0.15) is 0 Å². The number of amides is 1. The van der Waals surface area contributed by atoms with E-state index in [9.17, 15) is 14.4 Å². The van der Waals surface area contributed by atoms with Crippen LogP contribution in [0.4, 0.5) is 5.00 Å². The Hall–Kier alpha value is -3.13. The number of carbonyl (C=O) groups excluding carboxylic acids is 3. The van der Waals surface area contributed by atoms with Gasteiger partial charge in [-0.3, -0.25) is 4.79 Å². The minimum atomic E-state index is -0.692. The number of ether oxygens (including phenoxy) is 3. The van der Waals surface area contributed by atoms with E-state index in [4.69, 9.17) is 14.2 Å². The molecule has 0 aliphatic rings. The van der Waals surface area contributed by atoms with Gasteiger partial charge in [0.25, 0.3) is 0 Å². The monoisotopic (exact) mass is 445 g/mol. The molecule has 0 aliphatic heterocycles. The highest BCUT2D eigenvalue weighted by Gasteiger charge is 2.29.